The molecule has 0 spiro atoms. The highest BCUT2D eigenvalue weighted by Crippen LogP contribution is 2.35. The third-order valence-corrected chi connectivity index (χ3v) is 5.22. The Kier molecular flexibility index (Phi) is 5.51. The molecule has 1 atom stereocenters. The molecule has 2 amide bonds. The lowest BCUT2D eigenvalue weighted by atomic mass is 10.0. The first-order valence-electron chi connectivity index (χ1n) is 8.96. The maximum absolute atomic E-state index is 13.1. The number of piperazine rings is 1. The van der Waals surface area contributed by atoms with Gasteiger partial charge in [-0.15, -0.1) is 0 Å². The van der Waals surface area contributed by atoms with Crippen LogP contribution in [0.15, 0.2) is 16.6 Å². The van der Waals surface area contributed by atoms with E-state index in [9.17, 15) is 19.7 Å². The van der Waals surface area contributed by atoms with Crippen molar-refractivity contribution >= 4 is 33.6 Å². The van der Waals surface area contributed by atoms with Gasteiger partial charge in [-0.25, -0.2) is 4.79 Å². The number of carbonyl (C=O) groups is 2. The monoisotopic (exact) mass is 455 g/mol. The number of hydrogen-bond donors (Lipinski definition) is 0. The molecule has 0 unspecified atom stereocenters. The zero-order valence-corrected chi connectivity index (χ0v) is 17.5. The van der Waals surface area contributed by atoms with Gasteiger partial charge in [0.15, 0.2) is 0 Å². The van der Waals surface area contributed by atoms with Crippen molar-refractivity contribution < 1.29 is 24.0 Å². The van der Waals surface area contributed by atoms with E-state index in [0.29, 0.717) is 38.4 Å². The van der Waals surface area contributed by atoms with E-state index >= 15 is 0 Å². The van der Waals surface area contributed by atoms with E-state index < -0.39 is 16.6 Å². The van der Waals surface area contributed by atoms with Crippen LogP contribution in [0.5, 0.6) is 5.75 Å². The van der Waals surface area contributed by atoms with Gasteiger partial charge in [0, 0.05) is 38.2 Å². The first-order chi connectivity index (χ1) is 13.1. The summed E-state index contributed by atoms with van der Waals surface area (Å²) >= 11 is 3.15. The van der Waals surface area contributed by atoms with E-state index in [1.54, 1.807) is 30.6 Å². The summed E-state index contributed by atoms with van der Waals surface area (Å²) in [7, 11) is 0. The van der Waals surface area contributed by atoms with Crippen LogP contribution in [0.4, 0.5) is 10.5 Å². The Balaban J connectivity index is 1.84. The third-order valence-electron chi connectivity index (χ3n) is 4.58. The van der Waals surface area contributed by atoms with Gasteiger partial charge in [0.25, 0.3) is 11.6 Å². The minimum absolute atomic E-state index is 0.158. The van der Waals surface area contributed by atoms with Gasteiger partial charge in [-0.1, -0.05) is 0 Å². The van der Waals surface area contributed by atoms with E-state index in [2.05, 4.69) is 15.9 Å². The van der Waals surface area contributed by atoms with Crippen LogP contribution in [-0.4, -0.2) is 64.6 Å². The normalized spacial score (nSPS) is 19.7. The quantitative estimate of drug-likeness (QED) is 0.475. The predicted octanol–water partition coefficient (Wildman–Crippen LogP) is 3.20. The fraction of sp³-hybridized carbons (Fsp3) is 0.556. The lowest BCUT2D eigenvalue weighted by Gasteiger charge is -2.42. The van der Waals surface area contributed by atoms with Gasteiger partial charge in [-0.3, -0.25) is 14.9 Å². The molecule has 0 aromatic heterocycles. The average Bonchev–Trinajstić information content (AvgIpc) is 2.58. The van der Waals surface area contributed by atoms with Crippen molar-refractivity contribution in [3.8, 4) is 5.75 Å². The van der Waals surface area contributed by atoms with E-state index in [4.69, 9.17) is 9.47 Å². The van der Waals surface area contributed by atoms with Crippen molar-refractivity contribution in [2.45, 2.75) is 38.8 Å². The number of fused-ring (bicyclic) bond motifs is 2. The van der Waals surface area contributed by atoms with Gasteiger partial charge < -0.3 is 19.3 Å². The Labute approximate surface area is 170 Å². The maximum Gasteiger partial charge on any atom is 0.410 e. The van der Waals surface area contributed by atoms with E-state index in [-0.39, 0.29) is 27.7 Å². The number of benzene rings is 1. The molecular formula is C18H22BrN3O6. The van der Waals surface area contributed by atoms with Crippen LogP contribution in [-0.2, 0) is 4.74 Å². The fourth-order valence-corrected chi connectivity index (χ4v) is 3.76. The number of rotatable bonds is 1. The summed E-state index contributed by atoms with van der Waals surface area (Å²) in [4.78, 5) is 39.4. The van der Waals surface area contributed by atoms with Gasteiger partial charge in [0.2, 0.25) is 0 Å². The smallest absolute Gasteiger partial charge is 0.410 e. The molecule has 0 N–H and O–H groups in total. The topological polar surface area (TPSA) is 102 Å². The molecule has 1 aromatic carbocycles. The van der Waals surface area contributed by atoms with Crippen LogP contribution in [0.25, 0.3) is 0 Å². The molecule has 3 rings (SSSR count). The number of nitro benzene ring substituents is 1. The molecule has 2 heterocycles. The van der Waals surface area contributed by atoms with E-state index in [0.717, 1.165) is 0 Å². The fourth-order valence-electron chi connectivity index (χ4n) is 3.29. The molecule has 0 radical (unpaired) electrons. The second-order valence-electron chi connectivity index (χ2n) is 7.77. The lowest BCUT2D eigenvalue weighted by molar-refractivity contribution is -0.385. The number of nitrogens with zero attached hydrogens (tertiary/aromatic N) is 3. The highest BCUT2D eigenvalue weighted by Gasteiger charge is 2.37. The summed E-state index contributed by atoms with van der Waals surface area (Å²) in [6.07, 6.45) is 0.126. The number of amides is 2. The van der Waals surface area contributed by atoms with Crippen molar-refractivity contribution in [1.82, 2.24) is 9.80 Å². The minimum Gasteiger partial charge on any atom is -0.493 e. The number of halogens is 1. The summed E-state index contributed by atoms with van der Waals surface area (Å²) in [5.74, 6) is -0.0189. The first-order valence-corrected chi connectivity index (χ1v) is 9.76. The van der Waals surface area contributed by atoms with Crippen molar-refractivity contribution in [3.63, 3.8) is 0 Å². The summed E-state index contributed by atoms with van der Waals surface area (Å²) in [6.45, 7) is 6.73. The molecule has 1 saturated heterocycles. The van der Waals surface area contributed by atoms with Gasteiger partial charge in [0.05, 0.1) is 27.6 Å². The molecular weight excluding hydrogens is 434 g/mol. The van der Waals surface area contributed by atoms with Crippen LogP contribution >= 0.6 is 15.9 Å². The number of ether oxygens (including phenoxy) is 2. The van der Waals surface area contributed by atoms with Gasteiger partial charge in [-0.2, -0.15) is 0 Å². The molecule has 0 bridgehead atoms. The summed E-state index contributed by atoms with van der Waals surface area (Å²) in [5.41, 5.74) is -0.634. The van der Waals surface area contributed by atoms with Gasteiger partial charge in [-0.05, 0) is 36.7 Å². The molecule has 152 valence electrons. The molecule has 0 aliphatic carbocycles. The highest BCUT2D eigenvalue weighted by molar-refractivity contribution is 9.10. The van der Waals surface area contributed by atoms with Gasteiger partial charge >= 0.3 is 6.09 Å². The highest BCUT2D eigenvalue weighted by atomic mass is 79.9. The Morgan fingerprint density at radius 2 is 2.07 bits per heavy atom. The summed E-state index contributed by atoms with van der Waals surface area (Å²) < 4.78 is 11.4. The van der Waals surface area contributed by atoms with Crippen molar-refractivity contribution in [1.29, 1.82) is 0 Å². The first kappa shape index (κ1) is 20.4. The van der Waals surface area contributed by atoms with Gasteiger partial charge in [0.1, 0.15) is 11.4 Å². The Bertz CT molecular complexity index is 822. The van der Waals surface area contributed by atoms with E-state index in [1.165, 1.54) is 12.1 Å². The number of hydrogen-bond acceptors (Lipinski definition) is 6. The minimum atomic E-state index is -0.598. The predicted molar refractivity (Wildman–Crippen MR) is 104 cm³/mol. The molecule has 2 aliphatic rings. The zero-order chi connectivity index (χ0) is 20.6. The van der Waals surface area contributed by atoms with Crippen LogP contribution in [0, 0.1) is 10.1 Å². The summed E-state index contributed by atoms with van der Waals surface area (Å²) in [6, 6.07) is 2.46. The molecule has 1 fully saturated rings. The molecule has 10 heteroatoms. The van der Waals surface area contributed by atoms with Crippen molar-refractivity contribution in [2.75, 3.05) is 26.2 Å². The SMILES string of the molecule is CC(C)(C)OC(=O)N1CCN2C(=O)c3cc([N+](=O)[O-])c(Br)cc3OCC[C@H]2C1. The standard InChI is InChI=1S/C18H22BrN3O6/c1-18(2,3)28-17(24)20-5-6-21-11(10-20)4-7-27-15-9-13(19)14(22(25)26)8-12(15)16(21)23/h8-9,11H,4-7,10H2,1-3H3/t11-/m0/s1. The average molecular weight is 456 g/mol. The molecule has 9 nitrogen and oxygen atoms in total. The van der Waals surface area contributed by atoms with Crippen molar-refractivity contribution in [2.24, 2.45) is 0 Å². The van der Waals surface area contributed by atoms with Crippen LogP contribution in [0.2, 0.25) is 0 Å². The second kappa shape index (κ2) is 7.57. The Hall–Kier alpha value is -2.36. The van der Waals surface area contributed by atoms with Crippen LogP contribution in [0.1, 0.15) is 37.6 Å². The largest absolute Gasteiger partial charge is 0.493 e. The number of carbonyl (C=O) groups excluding carboxylic acids is 2. The lowest BCUT2D eigenvalue weighted by Crippen LogP contribution is -2.58. The zero-order valence-electron chi connectivity index (χ0n) is 15.9. The molecule has 1 aromatic rings. The Morgan fingerprint density at radius 1 is 1.36 bits per heavy atom. The van der Waals surface area contributed by atoms with Crippen LogP contribution < -0.4 is 4.74 Å². The molecule has 28 heavy (non-hydrogen) atoms. The Morgan fingerprint density at radius 3 is 2.71 bits per heavy atom. The third kappa shape index (κ3) is 4.21. The second-order valence-corrected chi connectivity index (χ2v) is 8.63. The molecule has 2 aliphatic heterocycles. The van der Waals surface area contributed by atoms with Crippen LogP contribution in [0.3, 0.4) is 0 Å². The van der Waals surface area contributed by atoms with E-state index in [1.807, 2.05) is 0 Å². The maximum atomic E-state index is 13.1. The van der Waals surface area contributed by atoms with Crippen molar-refractivity contribution in [3.05, 3.63) is 32.3 Å². The number of nitro groups is 1. The summed E-state index contributed by atoms with van der Waals surface area (Å²) in [5, 5.41) is 11.2. The molecule has 0 saturated carbocycles.